The molecule has 8 nitrogen and oxygen atoms in total. The number of nitrogens with zero attached hydrogens (tertiary/aromatic N) is 3. The Hall–Kier alpha value is -1.96. The van der Waals surface area contributed by atoms with Crippen molar-refractivity contribution in [2.45, 2.75) is 18.9 Å². The van der Waals surface area contributed by atoms with Crippen LogP contribution in [0.15, 0.2) is 6.20 Å². The van der Waals surface area contributed by atoms with Crippen molar-refractivity contribution in [2.24, 2.45) is 0 Å². The normalized spacial score (nSPS) is 17.6. The number of rotatable bonds is 3. The van der Waals surface area contributed by atoms with Gasteiger partial charge in [0.05, 0.1) is 20.4 Å². The van der Waals surface area contributed by atoms with E-state index < -0.39 is 5.97 Å². The van der Waals surface area contributed by atoms with Crippen molar-refractivity contribution in [3.05, 3.63) is 6.20 Å². The van der Waals surface area contributed by atoms with Crippen LogP contribution in [-0.4, -0.2) is 53.3 Å². The summed E-state index contributed by atoms with van der Waals surface area (Å²) in [6.07, 6.45) is 3.22. The van der Waals surface area contributed by atoms with Gasteiger partial charge < -0.3 is 19.9 Å². The van der Waals surface area contributed by atoms with Crippen LogP contribution in [0.3, 0.4) is 0 Å². The molecule has 0 unspecified atom stereocenters. The maximum absolute atomic E-state index is 10.1. The van der Waals surface area contributed by atoms with Gasteiger partial charge in [0.15, 0.2) is 0 Å². The van der Waals surface area contributed by atoms with Gasteiger partial charge in [-0.05, 0) is 24.6 Å². The van der Waals surface area contributed by atoms with E-state index in [1.165, 1.54) is 20.4 Å². The van der Waals surface area contributed by atoms with Gasteiger partial charge in [0.2, 0.25) is 5.75 Å². The predicted octanol–water partition coefficient (Wildman–Crippen LogP) is -0.288. The van der Waals surface area contributed by atoms with E-state index in [-0.39, 0.29) is 6.04 Å². The summed E-state index contributed by atoms with van der Waals surface area (Å²) in [4.78, 5) is 10.1. The quantitative estimate of drug-likeness (QED) is 0.760. The number of methoxy groups -OCH3 is 2. The van der Waals surface area contributed by atoms with Crippen LogP contribution in [-0.2, 0) is 4.79 Å². The number of nitrogens with one attached hydrogen (secondary N) is 1. The minimum Gasteiger partial charge on any atom is -0.490 e. The summed E-state index contributed by atoms with van der Waals surface area (Å²) in [7, 11) is 3.01. The first-order valence-corrected chi connectivity index (χ1v) is 5.41. The monoisotopic (exact) mass is 256 g/mol. The summed E-state index contributed by atoms with van der Waals surface area (Å²) >= 11 is 0. The Bertz CT molecular complexity index is 359. The van der Waals surface area contributed by atoms with Gasteiger partial charge in [0.25, 0.3) is 5.88 Å². The number of ether oxygens (including phenoxy) is 2. The van der Waals surface area contributed by atoms with Gasteiger partial charge in [0, 0.05) is 0 Å². The molecule has 1 saturated heterocycles. The third-order valence-electron chi connectivity index (χ3n) is 2.34. The standard InChI is InChI=1S/C5H7N3O2.C5H9NO2/c1-9-4-3-6-8-7-5(4)10-2;7-5(8)4-2-1-3-6-4/h3H,1-2H3;4,6H,1-3H2,(H,7,8)/t;4-/m.0/s1. The zero-order chi connectivity index (χ0) is 13.4. The van der Waals surface area contributed by atoms with Gasteiger partial charge in [-0.1, -0.05) is 5.10 Å². The number of hydrogen-bond donors (Lipinski definition) is 2. The summed E-state index contributed by atoms with van der Waals surface area (Å²) in [6, 6.07) is -0.269. The molecule has 1 atom stereocenters. The molecule has 0 spiro atoms. The molecule has 0 radical (unpaired) electrons. The van der Waals surface area contributed by atoms with E-state index in [9.17, 15) is 4.79 Å². The van der Waals surface area contributed by atoms with Gasteiger partial charge in [-0.2, -0.15) is 0 Å². The summed E-state index contributed by atoms with van der Waals surface area (Å²) < 4.78 is 9.64. The van der Waals surface area contributed by atoms with Gasteiger partial charge in [-0.25, -0.2) is 0 Å². The Morgan fingerprint density at radius 1 is 1.50 bits per heavy atom. The molecule has 2 N–H and O–H groups in total. The first kappa shape index (κ1) is 14.1. The van der Waals surface area contributed by atoms with Crippen molar-refractivity contribution in [2.75, 3.05) is 20.8 Å². The summed E-state index contributed by atoms with van der Waals surface area (Å²) in [5.74, 6) is 0.109. The summed E-state index contributed by atoms with van der Waals surface area (Å²) in [5, 5.41) is 21.6. The highest BCUT2D eigenvalue weighted by atomic mass is 16.5. The maximum Gasteiger partial charge on any atom is 0.320 e. The van der Waals surface area contributed by atoms with Crippen LogP contribution in [0.25, 0.3) is 0 Å². The number of aromatic nitrogens is 3. The molecule has 0 aliphatic carbocycles. The topological polar surface area (TPSA) is 106 Å². The highest BCUT2D eigenvalue weighted by Crippen LogP contribution is 2.19. The van der Waals surface area contributed by atoms with E-state index in [0.717, 1.165) is 19.4 Å². The van der Waals surface area contributed by atoms with E-state index in [4.69, 9.17) is 14.6 Å². The fourth-order valence-electron chi connectivity index (χ4n) is 1.43. The number of carboxylic acid groups (broad SMARTS) is 1. The highest BCUT2D eigenvalue weighted by Gasteiger charge is 2.20. The fraction of sp³-hybridized carbons (Fsp3) is 0.600. The summed E-state index contributed by atoms with van der Waals surface area (Å²) in [5.41, 5.74) is 0. The van der Waals surface area contributed by atoms with Crippen molar-refractivity contribution in [3.63, 3.8) is 0 Å². The van der Waals surface area contributed by atoms with Crippen LogP contribution in [0.2, 0.25) is 0 Å². The Kier molecular flexibility index (Phi) is 5.78. The van der Waals surface area contributed by atoms with Gasteiger partial charge in [-0.3, -0.25) is 4.79 Å². The van der Waals surface area contributed by atoms with Crippen LogP contribution in [0.5, 0.6) is 11.6 Å². The Balaban J connectivity index is 0.000000184. The zero-order valence-electron chi connectivity index (χ0n) is 10.3. The van der Waals surface area contributed by atoms with Crippen LogP contribution < -0.4 is 14.8 Å². The molecule has 2 rings (SSSR count). The molecule has 18 heavy (non-hydrogen) atoms. The van der Waals surface area contributed by atoms with E-state index in [1.807, 2.05) is 0 Å². The molecular formula is C10H16N4O4. The van der Waals surface area contributed by atoms with E-state index in [1.54, 1.807) is 0 Å². The number of carbonyl (C=O) groups is 1. The molecule has 0 saturated carbocycles. The Morgan fingerprint density at radius 2 is 2.28 bits per heavy atom. The predicted molar refractivity (Wildman–Crippen MR) is 61.6 cm³/mol. The van der Waals surface area contributed by atoms with E-state index in [2.05, 4.69) is 20.7 Å². The van der Waals surface area contributed by atoms with Crippen LogP contribution >= 0.6 is 0 Å². The molecule has 0 amide bonds. The zero-order valence-corrected chi connectivity index (χ0v) is 10.3. The van der Waals surface area contributed by atoms with Gasteiger partial charge >= 0.3 is 5.97 Å². The fourth-order valence-corrected chi connectivity index (χ4v) is 1.43. The van der Waals surface area contributed by atoms with Crippen LogP contribution in [0.4, 0.5) is 0 Å². The lowest BCUT2D eigenvalue weighted by Crippen LogP contribution is -2.29. The third kappa shape index (κ3) is 4.13. The number of aliphatic carboxylic acids is 1. The lowest BCUT2D eigenvalue weighted by atomic mass is 10.2. The minimum atomic E-state index is -0.720. The lowest BCUT2D eigenvalue weighted by molar-refractivity contribution is -0.139. The molecule has 1 aliphatic rings. The number of carboxylic acids is 1. The third-order valence-corrected chi connectivity index (χ3v) is 2.34. The van der Waals surface area contributed by atoms with Gasteiger partial charge in [0.1, 0.15) is 6.04 Å². The second-order valence-electron chi connectivity index (χ2n) is 3.50. The Labute approximate surface area is 104 Å². The van der Waals surface area contributed by atoms with E-state index in [0.29, 0.717) is 11.6 Å². The molecule has 0 aromatic carbocycles. The molecule has 8 heteroatoms. The maximum atomic E-state index is 10.1. The van der Waals surface area contributed by atoms with Crippen molar-refractivity contribution in [3.8, 4) is 11.6 Å². The first-order valence-electron chi connectivity index (χ1n) is 5.41. The molecule has 1 aromatic rings. The van der Waals surface area contributed by atoms with Crippen molar-refractivity contribution in [1.82, 2.24) is 20.7 Å². The average Bonchev–Trinajstić information content (AvgIpc) is 2.93. The molecule has 100 valence electrons. The highest BCUT2D eigenvalue weighted by molar-refractivity contribution is 5.73. The second kappa shape index (κ2) is 7.38. The van der Waals surface area contributed by atoms with Crippen LogP contribution in [0.1, 0.15) is 12.8 Å². The Morgan fingerprint density at radius 3 is 2.67 bits per heavy atom. The lowest BCUT2D eigenvalue weighted by Gasteiger charge is -2.01. The molecule has 0 bridgehead atoms. The molecule has 1 fully saturated rings. The second-order valence-corrected chi connectivity index (χ2v) is 3.50. The van der Waals surface area contributed by atoms with Crippen molar-refractivity contribution in [1.29, 1.82) is 0 Å². The largest absolute Gasteiger partial charge is 0.490 e. The average molecular weight is 256 g/mol. The van der Waals surface area contributed by atoms with Gasteiger partial charge in [-0.15, -0.1) is 5.10 Å². The van der Waals surface area contributed by atoms with E-state index >= 15 is 0 Å². The van der Waals surface area contributed by atoms with Crippen LogP contribution in [0, 0.1) is 0 Å². The molecule has 1 aromatic heterocycles. The summed E-state index contributed by atoms with van der Waals surface area (Å²) in [6.45, 7) is 0.858. The smallest absolute Gasteiger partial charge is 0.320 e. The first-order chi connectivity index (χ1) is 8.69. The molecular weight excluding hydrogens is 240 g/mol. The SMILES string of the molecule is COc1cnnnc1OC.O=C(O)[C@@H]1CCCN1. The van der Waals surface area contributed by atoms with Crippen molar-refractivity contribution >= 4 is 5.97 Å². The number of hydrogen-bond acceptors (Lipinski definition) is 7. The van der Waals surface area contributed by atoms with Crippen molar-refractivity contribution < 1.29 is 19.4 Å². The minimum absolute atomic E-state index is 0.269. The molecule has 1 aliphatic heterocycles. The molecule has 2 heterocycles.